The van der Waals surface area contributed by atoms with Crippen LogP contribution in [0.5, 0.6) is 5.75 Å². The molecule has 3 nitrogen and oxygen atoms in total. The monoisotopic (exact) mass is 670 g/mol. The quantitative estimate of drug-likeness (QED) is 0.142. The fraction of sp³-hybridized carbons (Fsp3) is 0.739. The van der Waals surface area contributed by atoms with E-state index in [1.807, 2.05) is 0 Å². The third kappa shape index (κ3) is 7.03. The van der Waals surface area contributed by atoms with Gasteiger partial charge in [0.05, 0.1) is 19.3 Å². The first kappa shape index (κ1) is 38.8. The van der Waals surface area contributed by atoms with Gasteiger partial charge in [-0.15, -0.1) is 0 Å². The molecule has 43 heavy (non-hydrogen) atoms. The van der Waals surface area contributed by atoms with E-state index in [1.165, 1.54) is 24.3 Å². The van der Waals surface area contributed by atoms with E-state index in [0.717, 1.165) is 0 Å². The van der Waals surface area contributed by atoms with E-state index in [-0.39, 0.29) is 31.0 Å². The van der Waals surface area contributed by atoms with Gasteiger partial charge < -0.3 is 14.6 Å². The maximum Gasteiger partial charge on any atom is 0.460 e. The van der Waals surface area contributed by atoms with Gasteiger partial charge >= 0.3 is 47.6 Å². The molecular formula is C23H23F17O3. The van der Waals surface area contributed by atoms with Crippen LogP contribution in [0.4, 0.5) is 74.6 Å². The lowest BCUT2D eigenvalue weighted by molar-refractivity contribution is -0.461. The summed E-state index contributed by atoms with van der Waals surface area (Å²) >= 11 is 0. The van der Waals surface area contributed by atoms with Crippen molar-refractivity contribution in [3.63, 3.8) is 0 Å². The van der Waals surface area contributed by atoms with Crippen molar-refractivity contribution in [1.29, 1.82) is 0 Å². The molecule has 0 heterocycles. The minimum Gasteiger partial charge on any atom is -0.494 e. The number of ether oxygens (including phenoxy) is 2. The van der Waals surface area contributed by atoms with Crippen molar-refractivity contribution >= 4 is 0 Å². The van der Waals surface area contributed by atoms with Crippen LogP contribution in [0.2, 0.25) is 0 Å². The van der Waals surface area contributed by atoms with Crippen molar-refractivity contribution in [2.24, 2.45) is 5.92 Å². The molecular weight excluding hydrogens is 647 g/mol. The van der Waals surface area contributed by atoms with Crippen LogP contribution in [0.1, 0.15) is 32.3 Å². The summed E-state index contributed by atoms with van der Waals surface area (Å²) in [6.45, 7) is 2.21. The molecule has 252 valence electrons. The van der Waals surface area contributed by atoms with E-state index in [9.17, 15) is 74.6 Å². The van der Waals surface area contributed by atoms with Crippen LogP contribution in [0, 0.1) is 5.92 Å². The minimum atomic E-state index is -8.64. The number of aliphatic hydroxyl groups excluding tert-OH is 1. The second-order valence-electron chi connectivity index (χ2n) is 9.42. The number of hydrogen-bond acceptors (Lipinski definition) is 3. The van der Waals surface area contributed by atoms with E-state index >= 15 is 0 Å². The number of hydrogen-bond donors (Lipinski definition) is 1. The molecule has 1 aromatic carbocycles. The van der Waals surface area contributed by atoms with Crippen LogP contribution < -0.4 is 4.74 Å². The summed E-state index contributed by atoms with van der Waals surface area (Å²) in [5.41, 5.74) is 0.522. The van der Waals surface area contributed by atoms with Gasteiger partial charge in [-0.2, -0.15) is 74.6 Å². The number of halogens is 17. The molecule has 2 atom stereocenters. The zero-order valence-corrected chi connectivity index (χ0v) is 21.7. The first-order valence-electron chi connectivity index (χ1n) is 11.7. The smallest absolute Gasteiger partial charge is 0.460 e. The lowest BCUT2D eigenvalue weighted by Crippen LogP contribution is -2.74. The zero-order valence-electron chi connectivity index (χ0n) is 21.7. The number of benzene rings is 1. The Morgan fingerprint density at radius 2 is 1.05 bits per heavy atom. The highest BCUT2D eigenvalue weighted by Crippen LogP contribution is 2.64. The summed E-state index contributed by atoms with van der Waals surface area (Å²) in [4.78, 5) is 0. The summed E-state index contributed by atoms with van der Waals surface area (Å²) < 4.78 is 236. The van der Waals surface area contributed by atoms with Gasteiger partial charge in [0, 0.05) is 18.9 Å². The van der Waals surface area contributed by atoms with Gasteiger partial charge in [0.2, 0.25) is 0 Å². The summed E-state index contributed by atoms with van der Waals surface area (Å²) in [7, 11) is 0. The molecule has 0 spiro atoms. The maximum absolute atomic E-state index is 13.9. The van der Waals surface area contributed by atoms with Gasteiger partial charge in [-0.05, 0) is 31.0 Å². The third-order valence-electron chi connectivity index (χ3n) is 6.22. The maximum atomic E-state index is 13.9. The van der Waals surface area contributed by atoms with Crippen LogP contribution in [0.25, 0.3) is 0 Å². The number of rotatable bonds is 16. The Kier molecular flexibility index (Phi) is 11.4. The lowest BCUT2D eigenvalue weighted by atomic mass is 9.88. The van der Waals surface area contributed by atoms with E-state index < -0.39 is 67.1 Å². The van der Waals surface area contributed by atoms with Crippen molar-refractivity contribution < 1.29 is 89.2 Å². The van der Waals surface area contributed by atoms with Crippen LogP contribution >= 0.6 is 0 Å². The highest BCUT2D eigenvalue weighted by Gasteiger charge is 2.95. The van der Waals surface area contributed by atoms with Gasteiger partial charge in [0.25, 0.3) is 0 Å². The van der Waals surface area contributed by atoms with E-state index in [2.05, 4.69) is 0 Å². The van der Waals surface area contributed by atoms with Crippen LogP contribution in [0.15, 0.2) is 24.3 Å². The first-order chi connectivity index (χ1) is 19.1. The van der Waals surface area contributed by atoms with Crippen molar-refractivity contribution in [3.8, 4) is 5.75 Å². The average molecular weight is 670 g/mol. The van der Waals surface area contributed by atoms with Crippen molar-refractivity contribution in [2.45, 2.75) is 87.0 Å². The largest absolute Gasteiger partial charge is 0.494 e. The summed E-state index contributed by atoms with van der Waals surface area (Å²) in [5, 5.41) is 9.05. The fourth-order valence-electron chi connectivity index (χ4n) is 3.06. The van der Waals surface area contributed by atoms with E-state index in [1.54, 1.807) is 13.8 Å². The predicted octanol–water partition coefficient (Wildman–Crippen LogP) is 8.39. The molecule has 1 N–H and O–H groups in total. The fourth-order valence-corrected chi connectivity index (χ4v) is 3.06. The Morgan fingerprint density at radius 3 is 1.47 bits per heavy atom. The van der Waals surface area contributed by atoms with Gasteiger partial charge in [0.15, 0.2) is 0 Å². The Balaban J connectivity index is 3.00. The van der Waals surface area contributed by atoms with Crippen LogP contribution in [-0.4, -0.2) is 72.1 Å². The van der Waals surface area contributed by atoms with Crippen molar-refractivity contribution in [2.75, 3.05) is 13.2 Å². The molecule has 0 unspecified atom stereocenters. The molecule has 0 fully saturated rings. The second-order valence-corrected chi connectivity index (χ2v) is 9.42. The molecule has 0 radical (unpaired) electrons. The SMILES string of the molecule is C[C@H](CO)[C@@H](C)OCc1ccc(OCCCC(F)(F)C(F)(F)C(F)(F)C(F)(F)C(F)(F)C(F)(F)C(F)(F)C(F)(F)F)cc1. The number of alkyl halides is 17. The molecule has 0 aliphatic carbocycles. The number of aliphatic hydroxyl groups is 1. The molecule has 0 aliphatic heterocycles. The normalized spacial score (nSPS) is 16.3. The lowest BCUT2D eigenvalue weighted by Gasteiger charge is -2.42. The summed E-state index contributed by atoms with van der Waals surface area (Å²) in [6.07, 6.45) is -12.1. The first-order valence-corrected chi connectivity index (χ1v) is 11.7. The second kappa shape index (κ2) is 12.6. The molecule has 0 bridgehead atoms. The average Bonchev–Trinajstić information content (AvgIpc) is 2.88. The Hall–Kier alpha value is -2.25. The molecule has 1 rings (SSSR count). The summed E-state index contributed by atoms with van der Waals surface area (Å²) in [5.74, 6) is -56.7. The van der Waals surface area contributed by atoms with Crippen LogP contribution in [-0.2, 0) is 11.3 Å². The third-order valence-corrected chi connectivity index (χ3v) is 6.22. The highest BCUT2D eigenvalue weighted by molar-refractivity contribution is 5.27. The van der Waals surface area contributed by atoms with Gasteiger partial charge in [-0.25, -0.2) is 0 Å². The predicted molar refractivity (Wildman–Crippen MR) is 112 cm³/mol. The molecule has 0 aliphatic rings. The standard InChI is InChI=1S/C23H23F17O3/c1-12(10-41)13(2)43-11-14-4-6-15(7-5-14)42-9-3-8-16(24,25)17(26,27)18(28,29)19(30,31)20(32,33)21(34,35)22(36,37)23(38,39)40/h4-7,12-13,41H,3,8-11H2,1-2H3/t12-,13-/m1/s1. The molecule has 0 amide bonds. The van der Waals surface area contributed by atoms with Gasteiger partial charge in [-0.1, -0.05) is 19.1 Å². The van der Waals surface area contributed by atoms with Crippen molar-refractivity contribution in [3.05, 3.63) is 29.8 Å². The Bertz CT molecular complexity index is 1040. The van der Waals surface area contributed by atoms with Gasteiger partial charge in [0.1, 0.15) is 5.75 Å². The molecule has 1 aromatic rings. The molecule has 0 saturated carbocycles. The molecule has 20 heteroatoms. The molecule has 0 aromatic heterocycles. The summed E-state index contributed by atoms with van der Waals surface area (Å²) in [6, 6.07) is 5.13. The molecule has 0 saturated heterocycles. The van der Waals surface area contributed by atoms with E-state index in [4.69, 9.17) is 14.6 Å². The highest BCUT2D eigenvalue weighted by atomic mass is 19.4. The minimum absolute atomic E-state index is 0.0325. The van der Waals surface area contributed by atoms with Crippen LogP contribution in [0.3, 0.4) is 0 Å². The van der Waals surface area contributed by atoms with Gasteiger partial charge in [-0.3, -0.25) is 0 Å². The van der Waals surface area contributed by atoms with E-state index in [0.29, 0.717) is 5.56 Å². The van der Waals surface area contributed by atoms with Crippen molar-refractivity contribution in [1.82, 2.24) is 0 Å². The zero-order chi connectivity index (χ0) is 34.1. The Labute approximate surface area is 231 Å². The topological polar surface area (TPSA) is 38.7 Å². The Morgan fingerprint density at radius 1 is 0.628 bits per heavy atom.